The van der Waals surface area contributed by atoms with Gasteiger partial charge in [0.1, 0.15) is 5.82 Å². The van der Waals surface area contributed by atoms with Crippen molar-refractivity contribution in [1.29, 1.82) is 0 Å². The third-order valence-corrected chi connectivity index (χ3v) is 6.92. The maximum atomic E-state index is 13.2. The molecule has 1 amide bonds. The molecule has 0 saturated carbocycles. The molecule has 4 aromatic rings. The minimum absolute atomic E-state index is 0.0749. The summed E-state index contributed by atoms with van der Waals surface area (Å²) < 4.78 is 15.2. The summed E-state index contributed by atoms with van der Waals surface area (Å²) in [6.45, 7) is 3.31. The molecule has 0 bridgehead atoms. The van der Waals surface area contributed by atoms with E-state index in [1.165, 1.54) is 23.9 Å². The van der Waals surface area contributed by atoms with Crippen molar-refractivity contribution in [3.8, 4) is 11.4 Å². The first-order chi connectivity index (χ1) is 17.2. The number of halogens is 1. The highest BCUT2D eigenvalue weighted by Gasteiger charge is 2.23. The summed E-state index contributed by atoms with van der Waals surface area (Å²) in [7, 11) is 0. The molecule has 5 rings (SSSR count). The van der Waals surface area contributed by atoms with E-state index in [1.807, 2.05) is 39.8 Å². The molecule has 9 heteroatoms. The molecule has 1 saturated heterocycles. The topological polar surface area (TPSA) is 67.2 Å². The van der Waals surface area contributed by atoms with Crippen LogP contribution in [-0.4, -0.2) is 62.5 Å². The lowest BCUT2D eigenvalue weighted by atomic mass is 10.2. The van der Waals surface area contributed by atoms with Gasteiger partial charge in [-0.1, -0.05) is 42.1 Å². The lowest BCUT2D eigenvalue weighted by Crippen LogP contribution is -2.49. The number of pyridine rings is 1. The maximum absolute atomic E-state index is 13.2. The van der Waals surface area contributed by atoms with Gasteiger partial charge in [-0.2, -0.15) is 0 Å². The van der Waals surface area contributed by atoms with E-state index in [0.29, 0.717) is 24.8 Å². The summed E-state index contributed by atoms with van der Waals surface area (Å²) in [4.78, 5) is 21.2. The van der Waals surface area contributed by atoms with Crippen LogP contribution in [0, 0.1) is 5.82 Å². The number of rotatable bonds is 7. The van der Waals surface area contributed by atoms with Crippen LogP contribution < -0.4 is 4.90 Å². The molecule has 0 radical (unpaired) electrons. The van der Waals surface area contributed by atoms with Gasteiger partial charge < -0.3 is 9.80 Å². The third-order valence-electron chi connectivity index (χ3n) is 5.97. The number of nitrogens with zero attached hydrogens (tertiary/aromatic N) is 6. The zero-order chi connectivity index (χ0) is 24.0. The Morgan fingerprint density at radius 3 is 2.40 bits per heavy atom. The molecule has 0 unspecified atom stereocenters. The Bertz CT molecular complexity index is 1260. The van der Waals surface area contributed by atoms with Crippen molar-refractivity contribution in [2.45, 2.75) is 11.7 Å². The van der Waals surface area contributed by atoms with Gasteiger partial charge in [-0.3, -0.25) is 14.3 Å². The molecule has 0 atom stereocenters. The first-order valence-electron chi connectivity index (χ1n) is 11.5. The number of benzene rings is 2. The Morgan fingerprint density at radius 1 is 0.914 bits per heavy atom. The average molecular weight is 489 g/mol. The third kappa shape index (κ3) is 5.51. The quantitative estimate of drug-likeness (QED) is 0.367. The van der Waals surface area contributed by atoms with E-state index >= 15 is 0 Å². The van der Waals surface area contributed by atoms with E-state index < -0.39 is 0 Å². The molecular weight excluding hydrogens is 463 g/mol. The van der Waals surface area contributed by atoms with E-state index in [-0.39, 0.29) is 17.5 Å². The molecule has 0 aliphatic carbocycles. The van der Waals surface area contributed by atoms with Gasteiger partial charge in [0.15, 0.2) is 11.0 Å². The van der Waals surface area contributed by atoms with Crippen molar-refractivity contribution in [3.05, 3.63) is 90.5 Å². The fourth-order valence-corrected chi connectivity index (χ4v) is 4.94. The van der Waals surface area contributed by atoms with Gasteiger partial charge in [-0.15, -0.1) is 10.2 Å². The number of piperazine rings is 1. The minimum atomic E-state index is -0.244. The van der Waals surface area contributed by atoms with Crippen LogP contribution in [0.5, 0.6) is 0 Å². The second kappa shape index (κ2) is 10.7. The summed E-state index contributed by atoms with van der Waals surface area (Å²) in [5.41, 5.74) is 2.98. The van der Waals surface area contributed by atoms with Crippen LogP contribution in [0.4, 0.5) is 10.1 Å². The zero-order valence-corrected chi connectivity index (χ0v) is 19.9. The van der Waals surface area contributed by atoms with E-state index in [9.17, 15) is 9.18 Å². The number of aromatic nitrogens is 4. The molecule has 7 nitrogen and oxygen atoms in total. The van der Waals surface area contributed by atoms with E-state index in [4.69, 9.17) is 0 Å². The molecule has 1 aliphatic heterocycles. The van der Waals surface area contributed by atoms with E-state index in [2.05, 4.69) is 32.2 Å². The SMILES string of the molecule is O=C(CSc1nnc(-c2cccnc2)n1Cc1ccccc1)N1CCN(c2ccc(F)cc2)CC1. The van der Waals surface area contributed by atoms with Crippen molar-refractivity contribution < 1.29 is 9.18 Å². The van der Waals surface area contributed by atoms with Gasteiger partial charge in [-0.25, -0.2) is 4.39 Å². The second-order valence-electron chi connectivity index (χ2n) is 8.25. The van der Waals surface area contributed by atoms with Crippen LogP contribution >= 0.6 is 11.8 Å². The second-order valence-corrected chi connectivity index (χ2v) is 9.20. The molecule has 1 aliphatic rings. The van der Waals surface area contributed by atoms with Crippen molar-refractivity contribution >= 4 is 23.4 Å². The number of anilines is 1. The van der Waals surface area contributed by atoms with Crippen LogP contribution in [0.1, 0.15) is 5.56 Å². The minimum Gasteiger partial charge on any atom is -0.368 e. The fourth-order valence-electron chi connectivity index (χ4n) is 4.10. The highest BCUT2D eigenvalue weighted by atomic mass is 32.2. The molecule has 35 heavy (non-hydrogen) atoms. The number of carbonyl (C=O) groups excluding carboxylic acids is 1. The lowest BCUT2D eigenvalue weighted by molar-refractivity contribution is -0.128. The molecule has 1 fully saturated rings. The van der Waals surface area contributed by atoms with Crippen molar-refractivity contribution in [1.82, 2.24) is 24.6 Å². The van der Waals surface area contributed by atoms with Crippen LogP contribution in [0.2, 0.25) is 0 Å². The van der Waals surface area contributed by atoms with Crippen molar-refractivity contribution in [3.63, 3.8) is 0 Å². The van der Waals surface area contributed by atoms with Gasteiger partial charge in [0.25, 0.3) is 0 Å². The molecule has 0 N–H and O–H groups in total. The molecule has 3 heterocycles. The molecule has 0 spiro atoms. The Hall–Kier alpha value is -3.72. The number of carbonyl (C=O) groups is 1. The molecule has 178 valence electrons. The van der Waals surface area contributed by atoms with Gasteiger partial charge >= 0.3 is 0 Å². The van der Waals surface area contributed by atoms with E-state index in [1.54, 1.807) is 24.5 Å². The van der Waals surface area contributed by atoms with Gasteiger partial charge in [0.2, 0.25) is 5.91 Å². The van der Waals surface area contributed by atoms with Crippen LogP contribution in [0.15, 0.2) is 84.3 Å². The number of hydrogen-bond acceptors (Lipinski definition) is 6. The molecule has 2 aromatic carbocycles. The predicted molar refractivity (Wildman–Crippen MR) is 135 cm³/mol. The number of amides is 1. The Labute approximate surface area is 207 Å². The number of hydrogen-bond donors (Lipinski definition) is 0. The molecular formula is C26H25FN6OS. The lowest BCUT2D eigenvalue weighted by Gasteiger charge is -2.36. The summed E-state index contributed by atoms with van der Waals surface area (Å²) in [5.74, 6) is 0.846. The smallest absolute Gasteiger partial charge is 0.233 e. The highest BCUT2D eigenvalue weighted by Crippen LogP contribution is 2.25. The summed E-state index contributed by atoms with van der Waals surface area (Å²) in [6.07, 6.45) is 3.50. The van der Waals surface area contributed by atoms with Gasteiger partial charge in [-0.05, 0) is 42.0 Å². The molecule has 2 aromatic heterocycles. The first-order valence-corrected chi connectivity index (χ1v) is 12.4. The highest BCUT2D eigenvalue weighted by molar-refractivity contribution is 7.99. The van der Waals surface area contributed by atoms with Crippen molar-refractivity contribution in [2.75, 3.05) is 36.8 Å². The summed E-state index contributed by atoms with van der Waals surface area (Å²) in [5, 5.41) is 9.52. The average Bonchev–Trinajstić information content (AvgIpc) is 3.31. The number of thioether (sulfide) groups is 1. The van der Waals surface area contributed by atoms with Crippen LogP contribution in [0.25, 0.3) is 11.4 Å². The Balaban J connectivity index is 1.25. The van der Waals surface area contributed by atoms with Gasteiger partial charge in [0.05, 0.1) is 12.3 Å². The van der Waals surface area contributed by atoms with E-state index in [0.717, 1.165) is 35.7 Å². The Kier molecular flexibility index (Phi) is 7.04. The standard InChI is InChI=1S/C26H25FN6OS/c27-22-8-10-23(11-9-22)31-13-15-32(16-14-31)24(34)19-35-26-30-29-25(21-7-4-12-28-17-21)33(26)18-20-5-2-1-3-6-20/h1-12,17H,13-16,18-19H2. The Morgan fingerprint density at radius 2 is 1.69 bits per heavy atom. The summed E-state index contributed by atoms with van der Waals surface area (Å²) in [6, 6.07) is 20.4. The zero-order valence-electron chi connectivity index (χ0n) is 19.1. The normalized spacial score (nSPS) is 13.7. The van der Waals surface area contributed by atoms with Crippen LogP contribution in [-0.2, 0) is 11.3 Å². The summed E-state index contributed by atoms with van der Waals surface area (Å²) >= 11 is 1.40. The predicted octanol–water partition coefficient (Wildman–Crippen LogP) is 3.97. The largest absolute Gasteiger partial charge is 0.368 e. The first kappa shape index (κ1) is 23.0. The van der Waals surface area contributed by atoms with Crippen molar-refractivity contribution in [2.24, 2.45) is 0 Å². The monoisotopic (exact) mass is 488 g/mol. The van der Waals surface area contributed by atoms with Crippen LogP contribution in [0.3, 0.4) is 0 Å². The maximum Gasteiger partial charge on any atom is 0.233 e. The fraction of sp³-hybridized carbons (Fsp3) is 0.231. The van der Waals surface area contributed by atoms with Gasteiger partial charge in [0, 0.05) is 49.8 Å².